The number of hydrogen-bond donors (Lipinski definition) is 1. The molecule has 2 heterocycles. The summed E-state index contributed by atoms with van der Waals surface area (Å²) in [4.78, 5) is 12.5. The Bertz CT molecular complexity index is 441. The predicted molar refractivity (Wildman–Crippen MR) is 124 cm³/mol. The SMILES string of the molecule is CCNC(=NCCCCN1CCN(CC)CC1)N1CC(C)(C)C1(C)C.I. The topological polar surface area (TPSA) is 34.1 Å². The van der Waals surface area contributed by atoms with Crippen LogP contribution < -0.4 is 5.32 Å². The summed E-state index contributed by atoms with van der Waals surface area (Å²) in [5.74, 6) is 1.10. The highest BCUT2D eigenvalue weighted by molar-refractivity contribution is 14.0. The van der Waals surface area contributed by atoms with Crippen LogP contribution in [0.1, 0.15) is 54.4 Å². The van der Waals surface area contributed by atoms with Gasteiger partial charge in [0.25, 0.3) is 0 Å². The van der Waals surface area contributed by atoms with Gasteiger partial charge in [0, 0.05) is 56.8 Å². The average molecular weight is 479 g/mol. The van der Waals surface area contributed by atoms with Crippen molar-refractivity contribution in [2.75, 3.05) is 58.9 Å². The van der Waals surface area contributed by atoms with Gasteiger partial charge in [0.1, 0.15) is 0 Å². The molecule has 26 heavy (non-hydrogen) atoms. The molecule has 0 aromatic carbocycles. The number of likely N-dealkylation sites (N-methyl/N-ethyl adjacent to an activating group) is 1. The van der Waals surface area contributed by atoms with Crippen LogP contribution in [0, 0.1) is 5.41 Å². The summed E-state index contributed by atoms with van der Waals surface area (Å²) >= 11 is 0. The quantitative estimate of drug-likeness (QED) is 0.264. The minimum absolute atomic E-state index is 0. The van der Waals surface area contributed by atoms with Crippen LogP contribution in [0.2, 0.25) is 0 Å². The standard InChI is InChI=1S/C20H41N5.HI/c1-7-21-18(25-17-19(3,4)20(25,5)6)22-11-9-10-12-24-15-13-23(8-2)14-16-24;/h7-17H2,1-6H3,(H,21,22);1H. The number of unbranched alkanes of at least 4 members (excludes halogenated alkanes) is 1. The van der Waals surface area contributed by atoms with Crippen molar-refractivity contribution in [2.45, 2.75) is 59.9 Å². The molecule has 2 rings (SSSR count). The molecule has 2 aliphatic heterocycles. The lowest BCUT2D eigenvalue weighted by molar-refractivity contribution is -0.0667. The van der Waals surface area contributed by atoms with Crippen molar-refractivity contribution in [3.8, 4) is 0 Å². The van der Waals surface area contributed by atoms with E-state index in [0.717, 1.165) is 25.6 Å². The first-order valence-corrected chi connectivity index (χ1v) is 10.3. The Labute approximate surface area is 179 Å². The monoisotopic (exact) mass is 479 g/mol. The zero-order valence-corrected chi connectivity index (χ0v) is 20.3. The van der Waals surface area contributed by atoms with Crippen LogP contribution in [0.15, 0.2) is 4.99 Å². The van der Waals surface area contributed by atoms with Gasteiger partial charge in [0.05, 0.1) is 0 Å². The molecule has 154 valence electrons. The second kappa shape index (κ2) is 10.5. The predicted octanol–water partition coefficient (Wildman–Crippen LogP) is 3.11. The van der Waals surface area contributed by atoms with Gasteiger partial charge in [-0.05, 0) is 46.7 Å². The Balaban J connectivity index is 0.00000338. The normalized spacial score (nSPS) is 23.3. The fourth-order valence-corrected chi connectivity index (χ4v) is 3.76. The fraction of sp³-hybridized carbons (Fsp3) is 0.950. The second-order valence-electron chi connectivity index (χ2n) is 8.75. The number of guanidine groups is 1. The lowest BCUT2D eigenvalue weighted by Gasteiger charge is -2.62. The molecule has 0 aliphatic carbocycles. The minimum atomic E-state index is 0. The summed E-state index contributed by atoms with van der Waals surface area (Å²) < 4.78 is 0. The van der Waals surface area contributed by atoms with Gasteiger partial charge in [-0.25, -0.2) is 0 Å². The molecule has 0 aromatic heterocycles. The fourth-order valence-electron chi connectivity index (χ4n) is 3.76. The number of nitrogens with one attached hydrogen (secondary N) is 1. The molecule has 0 aromatic rings. The first-order valence-electron chi connectivity index (χ1n) is 10.3. The van der Waals surface area contributed by atoms with Gasteiger partial charge in [-0.15, -0.1) is 24.0 Å². The molecule has 2 aliphatic rings. The molecule has 2 saturated heterocycles. The van der Waals surface area contributed by atoms with Crippen molar-refractivity contribution in [1.29, 1.82) is 0 Å². The summed E-state index contributed by atoms with van der Waals surface area (Å²) in [6.07, 6.45) is 2.43. The maximum atomic E-state index is 4.91. The lowest BCUT2D eigenvalue weighted by atomic mass is 9.65. The molecule has 0 radical (unpaired) electrons. The molecule has 1 N–H and O–H groups in total. The third kappa shape index (κ3) is 5.71. The molecule has 2 fully saturated rings. The number of aliphatic imine (C=N–C) groups is 1. The Morgan fingerprint density at radius 3 is 2.08 bits per heavy atom. The molecule has 0 unspecified atom stereocenters. The summed E-state index contributed by atoms with van der Waals surface area (Å²) in [6.45, 7) is 24.1. The van der Waals surface area contributed by atoms with Crippen LogP contribution in [-0.2, 0) is 0 Å². The van der Waals surface area contributed by atoms with Gasteiger partial charge < -0.3 is 20.0 Å². The highest BCUT2D eigenvalue weighted by Crippen LogP contribution is 2.46. The smallest absolute Gasteiger partial charge is 0.194 e. The van der Waals surface area contributed by atoms with Crippen LogP contribution in [0.4, 0.5) is 0 Å². The van der Waals surface area contributed by atoms with E-state index in [4.69, 9.17) is 4.99 Å². The molecule has 0 saturated carbocycles. The Kier molecular flexibility index (Phi) is 9.64. The van der Waals surface area contributed by atoms with Crippen LogP contribution in [0.3, 0.4) is 0 Å². The minimum Gasteiger partial charge on any atom is -0.356 e. The molecule has 0 atom stereocenters. The second-order valence-corrected chi connectivity index (χ2v) is 8.75. The highest BCUT2D eigenvalue weighted by atomic mass is 127. The van der Waals surface area contributed by atoms with Gasteiger partial charge in [0.2, 0.25) is 0 Å². The summed E-state index contributed by atoms with van der Waals surface area (Å²) in [5, 5.41) is 3.49. The van der Waals surface area contributed by atoms with E-state index in [9.17, 15) is 0 Å². The number of likely N-dealkylation sites (tertiary alicyclic amines) is 1. The van der Waals surface area contributed by atoms with E-state index in [1.54, 1.807) is 0 Å². The number of nitrogens with zero attached hydrogens (tertiary/aromatic N) is 4. The van der Waals surface area contributed by atoms with E-state index in [1.165, 1.54) is 52.1 Å². The van der Waals surface area contributed by atoms with Gasteiger partial charge in [-0.2, -0.15) is 0 Å². The van der Waals surface area contributed by atoms with Crippen molar-refractivity contribution >= 4 is 29.9 Å². The molecular weight excluding hydrogens is 437 g/mol. The van der Waals surface area contributed by atoms with Gasteiger partial charge in [0.15, 0.2) is 5.96 Å². The van der Waals surface area contributed by atoms with Crippen LogP contribution in [0.25, 0.3) is 0 Å². The Hall–Kier alpha value is -0.0800. The third-order valence-electron chi connectivity index (χ3n) is 6.53. The summed E-state index contributed by atoms with van der Waals surface area (Å²) in [5.41, 5.74) is 0.525. The maximum absolute atomic E-state index is 4.91. The van der Waals surface area contributed by atoms with Gasteiger partial charge in [-0.3, -0.25) is 4.99 Å². The van der Waals surface area contributed by atoms with Crippen LogP contribution in [0.5, 0.6) is 0 Å². The number of rotatable bonds is 7. The maximum Gasteiger partial charge on any atom is 0.194 e. The van der Waals surface area contributed by atoms with E-state index in [2.05, 4.69) is 61.6 Å². The van der Waals surface area contributed by atoms with Crippen molar-refractivity contribution in [3.05, 3.63) is 0 Å². The zero-order valence-electron chi connectivity index (χ0n) is 18.0. The van der Waals surface area contributed by atoms with Crippen molar-refractivity contribution in [3.63, 3.8) is 0 Å². The lowest BCUT2D eigenvalue weighted by Crippen LogP contribution is -2.72. The van der Waals surface area contributed by atoms with Crippen molar-refractivity contribution in [1.82, 2.24) is 20.0 Å². The van der Waals surface area contributed by atoms with Gasteiger partial charge in [-0.1, -0.05) is 20.8 Å². The molecule has 6 heteroatoms. The number of hydrogen-bond acceptors (Lipinski definition) is 3. The summed E-state index contributed by atoms with van der Waals surface area (Å²) in [6, 6.07) is 0. The van der Waals surface area contributed by atoms with Crippen molar-refractivity contribution in [2.24, 2.45) is 10.4 Å². The Morgan fingerprint density at radius 1 is 0.962 bits per heavy atom. The molecule has 5 nitrogen and oxygen atoms in total. The zero-order chi connectivity index (χ0) is 18.5. The van der Waals surface area contributed by atoms with Gasteiger partial charge >= 0.3 is 0 Å². The number of halogens is 1. The van der Waals surface area contributed by atoms with E-state index < -0.39 is 0 Å². The van der Waals surface area contributed by atoms with E-state index in [0.29, 0.717) is 5.41 Å². The molecule has 0 spiro atoms. The van der Waals surface area contributed by atoms with Crippen molar-refractivity contribution < 1.29 is 0 Å². The Morgan fingerprint density at radius 2 is 1.58 bits per heavy atom. The van der Waals surface area contributed by atoms with Crippen LogP contribution in [-0.4, -0.2) is 85.1 Å². The molecule has 0 amide bonds. The molecule has 0 bridgehead atoms. The van der Waals surface area contributed by atoms with Crippen LogP contribution >= 0.6 is 24.0 Å². The first-order chi connectivity index (χ1) is 11.8. The van der Waals surface area contributed by atoms with E-state index in [-0.39, 0.29) is 29.5 Å². The van der Waals surface area contributed by atoms with E-state index >= 15 is 0 Å². The largest absolute Gasteiger partial charge is 0.356 e. The average Bonchev–Trinajstić information content (AvgIpc) is 2.59. The first kappa shape index (κ1) is 24.0. The number of piperazine rings is 1. The highest BCUT2D eigenvalue weighted by Gasteiger charge is 2.53. The summed E-state index contributed by atoms with van der Waals surface area (Å²) in [7, 11) is 0. The van der Waals surface area contributed by atoms with E-state index in [1.807, 2.05) is 0 Å². The molecular formula is C20H42IN5. The third-order valence-corrected chi connectivity index (χ3v) is 6.53.